The van der Waals surface area contributed by atoms with Crippen molar-refractivity contribution in [3.63, 3.8) is 0 Å². The second-order valence-corrected chi connectivity index (χ2v) is 8.99. The first-order chi connectivity index (χ1) is 10.7. The highest BCUT2D eigenvalue weighted by Gasteiger charge is 2.55. The minimum absolute atomic E-state index is 0.493. The van der Waals surface area contributed by atoms with Gasteiger partial charge in [-0.15, -0.1) is 0 Å². The van der Waals surface area contributed by atoms with Crippen LogP contribution in [0, 0.1) is 0 Å². The molecule has 1 atom stereocenters. The third kappa shape index (κ3) is 10.2. The molecule has 0 aromatic heterocycles. The molecule has 0 heterocycles. The van der Waals surface area contributed by atoms with E-state index in [2.05, 4.69) is 44.9 Å². The van der Waals surface area contributed by atoms with E-state index in [1.54, 1.807) is 0 Å². The summed E-state index contributed by atoms with van der Waals surface area (Å²) >= 11 is 0. The van der Waals surface area contributed by atoms with Crippen LogP contribution >= 0.6 is 0 Å². The Hall–Kier alpha value is -0.640. The molecular weight excluding hydrogens is 404 g/mol. The number of rotatable bonds is 6. The average Bonchev–Trinajstić information content (AvgIpc) is 2.32. The minimum Gasteiger partial charge on any atom is -0.309 e. The SMILES string of the molecule is CC(CCN(C)C)N(C)C.O=S(=O)(NS(=O)(=O)C(F)(F)F)C(F)(F)F. The smallest absolute Gasteiger partial charge is 0.309 e. The molecule has 0 aliphatic heterocycles. The van der Waals surface area contributed by atoms with Crippen LogP contribution < -0.4 is 4.13 Å². The van der Waals surface area contributed by atoms with E-state index in [9.17, 15) is 43.2 Å². The molecule has 7 nitrogen and oxygen atoms in total. The molecule has 0 bridgehead atoms. The van der Waals surface area contributed by atoms with Gasteiger partial charge in [0.25, 0.3) is 0 Å². The predicted octanol–water partition coefficient (Wildman–Crippen LogP) is 1.16. The van der Waals surface area contributed by atoms with Crippen molar-refractivity contribution in [2.24, 2.45) is 0 Å². The summed E-state index contributed by atoms with van der Waals surface area (Å²) in [7, 11) is -4.72. The zero-order valence-electron chi connectivity index (χ0n) is 14.1. The van der Waals surface area contributed by atoms with Gasteiger partial charge in [0.05, 0.1) is 0 Å². The van der Waals surface area contributed by atoms with E-state index in [4.69, 9.17) is 0 Å². The van der Waals surface area contributed by atoms with Crippen LogP contribution in [0.25, 0.3) is 0 Å². The van der Waals surface area contributed by atoms with Gasteiger partial charge < -0.3 is 9.80 Å². The first kappa shape index (κ1) is 26.6. The van der Waals surface area contributed by atoms with Gasteiger partial charge >= 0.3 is 31.1 Å². The average molecular weight is 425 g/mol. The highest BCUT2D eigenvalue weighted by molar-refractivity contribution is 8.05. The van der Waals surface area contributed by atoms with Gasteiger partial charge in [0.2, 0.25) is 0 Å². The van der Waals surface area contributed by atoms with Crippen LogP contribution in [0.2, 0.25) is 0 Å². The van der Waals surface area contributed by atoms with E-state index in [-0.39, 0.29) is 0 Å². The summed E-state index contributed by atoms with van der Waals surface area (Å²) < 4.78 is 108. The third-order valence-corrected chi connectivity index (χ3v) is 5.68. The Morgan fingerprint density at radius 2 is 1.16 bits per heavy atom. The Morgan fingerprint density at radius 3 is 1.36 bits per heavy atom. The van der Waals surface area contributed by atoms with E-state index < -0.39 is 35.2 Å². The van der Waals surface area contributed by atoms with Crippen molar-refractivity contribution in [1.82, 2.24) is 13.9 Å². The second-order valence-electron chi connectivity index (χ2n) is 5.39. The van der Waals surface area contributed by atoms with E-state index >= 15 is 0 Å². The summed E-state index contributed by atoms with van der Waals surface area (Å²) in [6.45, 7) is 3.43. The lowest BCUT2D eigenvalue weighted by atomic mass is 10.2. The molecule has 1 unspecified atom stereocenters. The van der Waals surface area contributed by atoms with Gasteiger partial charge in [-0.3, -0.25) is 0 Å². The van der Waals surface area contributed by atoms with Crippen molar-refractivity contribution >= 4 is 20.0 Å². The molecule has 0 aromatic rings. The van der Waals surface area contributed by atoms with Crippen molar-refractivity contribution in [2.75, 3.05) is 34.7 Å². The number of halogens is 6. The summed E-state index contributed by atoms with van der Waals surface area (Å²) in [4.78, 5) is 4.48. The highest BCUT2D eigenvalue weighted by atomic mass is 32.3. The first-order valence-corrected chi connectivity index (χ1v) is 9.43. The van der Waals surface area contributed by atoms with Gasteiger partial charge in [-0.1, -0.05) is 4.13 Å². The van der Waals surface area contributed by atoms with Crippen LogP contribution in [0.15, 0.2) is 0 Å². The van der Waals surface area contributed by atoms with E-state index in [1.165, 1.54) is 13.0 Å². The van der Waals surface area contributed by atoms with E-state index in [1.807, 2.05) is 0 Å². The van der Waals surface area contributed by atoms with Crippen molar-refractivity contribution in [1.29, 1.82) is 0 Å². The van der Waals surface area contributed by atoms with Crippen LogP contribution in [0.3, 0.4) is 0 Å². The Bertz CT molecular complexity index is 557. The molecule has 0 saturated heterocycles. The summed E-state index contributed by atoms with van der Waals surface area (Å²) in [6.07, 6.45) is 1.25. The van der Waals surface area contributed by atoms with Crippen LogP contribution in [0.4, 0.5) is 26.3 Å². The van der Waals surface area contributed by atoms with Gasteiger partial charge in [0.15, 0.2) is 0 Å². The molecule has 0 aromatic carbocycles. The van der Waals surface area contributed by atoms with Gasteiger partial charge in [0.1, 0.15) is 0 Å². The number of nitrogens with one attached hydrogen (secondary N) is 1. The van der Waals surface area contributed by atoms with Gasteiger partial charge in [-0.2, -0.15) is 26.3 Å². The summed E-state index contributed by atoms with van der Waals surface area (Å²) in [5.74, 6) is 0. The molecule has 0 rings (SSSR count). The standard InChI is InChI=1S/C8H20N2.C2HF6NO4S2/c1-8(10(4)5)6-7-9(2)3;3-1(4,5)14(10,11)9-15(12,13)2(6,7)8/h8H,6-7H2,1-5H3;9H. The quantitative estimate of drug-likeness (QED) is 0.643. The molecular formula is C10H21F6N3O4S2. The molecule has 0 radical (unpaired) electrons. The number of alkyl halides is 6. The molecule has 15 heteroatoms. The van der Waals surface area contributed by atoms with Crippen molar-refractivity contribution < 1.29 is 43.2 Å². The van der Waals surface area contributed by atoms with Gasteiger partial charge in [0, 0.05) is 6.04 Å². The fourth-order valence-electron chi connectivity index (χ4n) is 0.942. The molecule has 0 aliphatic rings. The maximum absolute atomic E-state index is 11.5. The van der Waals surface area contributed by atoms with Gasteiger partial charge in [-0.25, -0.2) is 16.8 Å². The maximum Gasteiger partial charge on any atom is 0.512 e. The molecule has 25 heavy (non-hydrogen) atoms. The van der Waals surface area contributed by atoms with Gasteiger partial charge in [-0.05, 0) is 48.1 Å². The maximum atomic E-state index is 11.5. The number of hydrogen-bond donors (Lipinski definition) is 1. The third-order valence-electron chi connectivity index (χ3n) is 2.70. The lowest BCUT2D eigenvalue weighted by Crippen LogP contribution is -2.45. The molecule has 154 valence electrons. The fourth-order valence-corrected chi connectivity index (χ4v) is 2.85. The summed E-state index contributed by atoms with van der Waals surface area (Å²) in [6, 6.07) is 0.697. The van der Waals surface area contributed by atoms with Crippen molar-refractivity contribution in [3.05, 3.63) is 0 Å². The predicted molar refractivity (Wildman–Crippen MR) is 79.4 cm³/mol. The Balaban J connectivity index is 0. The highest BCUT2D eigenvalue weighted by Crippen LogP contribution is 2.27. The largest absolute Gasteiger partial charge is 0.512 e. The molecule has 0 fully saturated rings. The topological polar surface area (TPSA) is 86.8 Å². The molecule has 1 N–H and O–H groups in total. The second kappa shape index (κ2) is 9.34. The number of hydrogen-bond acceptors (Lipinski definition) is 6. The molecule has 0 aliphatic carbocycles. The van der Waals surface area contributed by atoms with Crippen LogP contribution in [0.5, 0.6) is 0 Å². The lowest BCUT2D eigenvalue weighted by Gasteiger charge is -2.21. The molecule has 0 saturated carbocycles. The van der Waals surface area contributed by atoms with Crippen molar-refractivity contribution in [2.45, 2.75) is 30.4 Å². The Kier molecular flexibility index (Phi) is 9.93. The summed E-state index contributed by atoms with van der Waals surface area (Å²) in [5.41, 5.74) is -12.3. The van der Waals surface area contributed by atoms with Crippen LogP contribution in [0.1, 0.15) is 13.3 Å². The number of sulfonamides is 2. The number of nitrogens with zero attached hydrogens (tertiary/aromatic N) is 2. The molecule has 0 spiro atoms. The molecule has 0 amide bonds. The summed E-state index contributed by atoms with van der Waals surface area (Å²) in [5, 5.41) is 0. The van der Waals surface area contributed by atoms with E-state index in [0.717, 1.165) is 0 Å². The monoisotopic (exact) mass is 425 g/mol. The van der Waals surface area contributed by atoms with Crippen molar-refractivity contribution in [3.8, 4) is 0 Å². The zero-order chi connectivity index (χ0) is 20.9. The fraction of sp³-hybridized carbons (Fsp3) is 1.00. The first-order valence-electron chi connectivity index (χ1n) is 6.47. The van der Waals surface area contributed by atoms with E-state index in [0.29, 0.717) is 6.04 Å². The Labute approximate surface area is 143 Å². The zero-order valence-corrected chi connectivity index (χ0v) is 15.7. The van der Waals surface area contributed by atoms with Crippen LogP contribution in [-0.2, 0) is 20.0 Å². The lowest BCUT2D eigenvalue weighted by molar-refractivity contribution is -0.0476. The Morgan fingerprint density at radius 1 is 0.840 bits per heavy atom. The van der Waals surface area contributed by atoms with Crippen LogP contribution in [-0.4, -0.2) is 78.4 Å². The minimum atomic E-state index is -6.60. The normalized spacial score (nSPS) is 15.1.